The number of carboxylic acid groups (broad SMARTS) is 2. The zero-order valence-corrected chi connectivity index (χ0v) is 24.9. The van der Waals surface area contributed by atoms with Crippen molar-refractivity contribution in [1.82, 2.24) is 4.98 Å². The number of nitrogens with one attached hydrogen (secondary N) is 3. The molecule has 0 spiro atoms. The molecule has 2 aliphatic rings. The Hall–Kier alpha value is -3.04. The molecule has 2 aliphatic heterocycles. The lowest BCUT2D eigenvalue weighted by molar-refractivity contribution is -0.397. The molecule has 0 unspecified atom stereocenters. The molecule has 0 amide bonds. The predicted molar refractivity (Wildman–Crippen MR) is 156 cm³/mol. The number of hydrogen-bond donors (Lipinski definition) is 3. The summed E-state index contributed by atoms with van der Waals surface area (Å²) in [6.45, 7) is 0. The number of halogens is 6. The number of carboxylic acids is 2. The van der Waals surface area contributed by atoms with Crippen molar-refractivity contribution in [3.8, 4) is 22.3 Å². The molecule has 7 nitrogen and oxygen atoms in total. The number of rotatable bonds is 0. The lowest BCUT2D eigenvalue weighted by Crippen LogP contribution is -2.70. The normalized spacial score (nSPS) is 12.4. The number of aliphatic carboxylic acids is 2. The summed E-state index contributed by atoms with van der Waals surface area (Å²) in [6.07, 6.45) is 0. The fourth-order valence-electron chi connectivity index (χ4n) is 4.77. The SMILES string of the molecule is O=C([O-])C(Cl)(Cl)Cl.O=C([O-])C(Cl)(Cl)Cl.c1ccc2c(c1)[NH+]=c1c-2c2c(c3c1[nH]c1ccccc13)=[NH+]c1ccccc1-2. The van der Waals surface area contributed by atoms with Gasteiger partial charge in [-0.2, -0.15) is 0 Å². The van der Waals surface area contributed by atoms with Crippen molar-refractivity contribution in [2.45, 2.75) is 7.59 Å². The summed E-state index contributed by atoms with van der Waals surface area (Å²) in [5.74, 6) is -3.42. The molecule has 0 fully saturated rings. The van der Waals surface area contributed by atoms with Gasteiger partial charge in [0.25, 0.3) is 0 Å². The van der Waals surface area contributed by atoms with Crippen LogP contribution in [0, 0.1) is 0 Å². The van der Waals surface area contributed by atoms with E-state index in [0.717, 1.165) is 0 Å². The van der Waals surface area contributed by atoms with E-state index in [1.807, 2.05) is 0 Å². The average Bonchev–Trinajstić information content (AvgIpc) is 3.59. The molecule has 0 bridgehead atoms. The van der Waals surface area contributed by atoms with E-state index in [4.69, 9.17) is 69.6 Å². The van der Waals surface area contributed by atoms with Crippen LogP contribution >= 0.6 is 69.6 Å². The molecule has 5 aromatic rings. The Morgan fingerprint density at radius 3 is 1.56 bits per heavy atom. The van der Waals surface area contributed by atoms with Crippen molar-refractivity contribution in [1.29, 1.82) is 0 Å². The molecule has 3 N–H and O–H groups in total. The minimum atomic E-state index is -2.28. The van der Waals surface area contributed by atoms with E-state index >= 15 is 0 Å². The van der Waals surface area contributed by atoms with E-state index in [9.17, 15) is 19.8 Å². The Kier molecular flexibility index (Phi) is 7.89. The van der Waals surface area contributed by atoms with Crippen molar-refractivity contribution < 1.29 is 29.8 Å². The van der Waals surface area contributed by atoms with Crippen molar-refractivity contribution in [2.75, 3.05) is 0 Å². The number of benzene rings is 4. The summed E-state index contributed by atoms with van der Waals surface area (Å²) in [5, 5.41) is 23.9. The molecule has 0 atom stereocenters. The van der Waals surface area contributed by atoms with Crippen LogP contribution in [-0.2, 0) is 9.59 Å². The fourth-order valence-corrected chi connectivity index (χ4v) is 4.77. The van der Waals surface area contributed by atoms with Crippen LogP contribution in [0.15, 0.2) is 72.8 Å². The minimum absolute atomic E-state index is 1.17. The summed E-state index contributed by atoms with van der Waals surface area (Å²) in [6, 6.07) is 25.7. The van der Waals surface area contributed by atoms with Crippen LogP contribution in [0.2, 0.25) is 0 Å². The van der Waals surface area contributed by atoms with Crippen LogP contribution in [0.3, 0.4) is 0 Å². The first-order valence-electron chi connectivity index (χ1n) is 11.7. The minimum Gasteiger partial charge on any atom is -0.545 e. The Morgan fingerprint density at radius 1 is 0.634 bits per heavy atom. The molecule has 4 aromatic carbocycles. The molecule has 208 valence electrons. The smallest absolute Gasteiger partial charge is 0.237 e. The second kappa shape index (κ2) is 11.0. The zero-order chi connectivity index (χ0) is 29.7. The Bertz CT molecular complexity index is 1970. The van der Waals surface area contributed by atoms with Crippen LogP contribution in [0.25, 0.3) is 44.1 Å². The van der Waals surface area contributed by atoms with Crippen LogP contribution in [-0.4, -0.2) is 24.5 Å². The van der Waals surface area contributed by atoms with Gasteiger partial charge in [0, 0.05) is 23.0 Å². The standard InChI is InChI=1S/C24H13N3.2C2HCl3O2/c1-4-10-16-13(7-1)19-20-14-8-2-5-11-17(14)26-23(20)24-21(22(19)25-16)15-9-3-6-12-18(15)27-24;2*3-2(4,5)1(6)7/h1-12,27H;2*(H,6,7). The average molecular weight is 670 g/mol. The summed E-state index contributed by atoms with van der Waals surface area (Å²) in [5.41, 5.74) is 9.81. The van der Waals surface area contributed by atoms with Gasteiger partial charge < -0.3 is 24.8 Å². The van der Waals surface area contributed by atoms with E-state index in [0.29, 0.717) is 0 Å². The number of aromatic nitrogens is 1. The number of para-hydroxylation sites is 3. The lowest BCUT2D eigenvalue weighted by Gasteiger charge is -2.09. The van der Waals surface area contributed by atoms with E-state index in [2.05, 4.69) is 87.8 Å². The van der Waals surface area contributed by atoms with Gasteiger partial charge in [-0.3, -0.25) is 0 Å². The van der Waals surface area contributed by atoms with Crippen LogP contribution < -0.4 is 30.9 Å². The quantitative estimate of drug-likeness (QED) is 0.212. The maximum atomic E-state index is 9.51. The van der Waals surface area contributed by atoms with E-state index in [1.165, 1.54) is 66.1 Å². The maximum Gasteiger partial charge on any atom is 0.237 e. The van der Waals surface area contributed by atoms with Gasteiger partial charge >= 0.3 is 0 Å². The Balaban J connectivity index is 0.000000203. The molecular weight excluding hydrogens is 655 g/mol. The molecule has 0 aliphatic carbocycles. The molecule has 3 heterocycles. The van der Waals surface area contributed by atoms with Gasteiger partial charge in [0.2, 0.25) is 29.7 Å². The monoisotopic (exact) mass is 667 g/mol. The highest BCUT2D eigenvalue weighted by Gasteiger charge is 2.35. The Labute approximate surface area is 261 Å². The van der Waals surface area contributed by atoms with Gasteiger partial charge in [0.15, 0.2) is 0 Å². The van der Waals surface area contributed by atoms with Gasteiger partial charge in [-0.05, 0) is 18.2 Å². The van der Waals surface area contributed by atoms with Gasteiger partial charge in [-0.25, -0.2) is 9.98 Å². The highest BCUT2D eigenvalue weighted by atomic mass is 35.6. The van der Waals surface area contributed by atoms with E-state index in [1.54, 1.807) is 0 Å². The first-order chi connectivity index (χ1) is 19.3. The first kappa shape index (κ1) is 29.5. The van der Waals surface area contributed by atoms with Gasteiger partial charge in [0.1, 0.15) is 5.52 Å². The first-order valence-corrected chi connectivity index (χ1v) is 14.0. The van der Waals surface area contributed by atoms with Crippen molar-refractivity contribution in [3.05, 3.63) is 83.5 Å². The number of aromatic amines is 1. The number of alkyl halides is 6. The third kappa shape index (κ3) is 5.58. The van der Waals surface area contributed by atoms with Crippen LogP contribution in [0.5, 0.6) is 0 Å². The number of carbonyl (C=O) groups is 2. The molecule has 1 aromatic heterocycles. The highest BCUT2D eigenvalue weighted by Crippen LogP contribution is 2.37. The van der Waals surface area contributed by atoms with Crippen molar-refractivity contribution in [3.63, 3.8) is 0 Å². The second-order valence-corrected chi connectivity index (χ2v) is 13.4. The molecule has 13 heteroatoms. The molecule has 0 saturated carbocycles. The van der Waals surface area contributed by atoms with Crippen LogP contribution in [0.1, 0.15) is 0 Å². The number of hydrogen-bond acceptors (Lipinski definition) is 4. The Morgan fingerprint density at radius 2 is 1.05 bits per heavy atom. The summed E-state index contributed by atoms with van der Waals surface area (Å²) >= 11 is 28.4. The maximum absolute atomic E-state index is 9.51. The summed E-state index contributed by atoms with van der Waals surface area (Å²) in [7, 11) is 0. The van der Waals surface area contributed by atoms with Crippen LogP contribution in [0.4, 0.5) is 11.4 Å². The molecule has 0 radical (unpaired) electrons. The van der Waals surface area contributed by atoms with E-state index in [-0.39, 0.29) is 0 Å². The third-order valence-corrected chi connectivity index (χ3v) is 7.26. The van der Waals surface area contributed by atoms with Crippen molar-refractivity contribution >= 4 is 115 Å². The van der Waals surface area contributed by atoms with Gasteiger partial charge in [-0.15, -0.1) is 0 Å². The highest BCUT2D eigenvalue weighted by molar-refractivity contribution is 6.75. The number of H-pyrrole nitrogens is 1. The fraction of sp³-hybridized carbons (Fsp3) is 0.0714. The van der Waals surface area contributed by atoms with E-state index < -0.39 is 19.5 Å². The lowest BCUT2D eigenvalue weighted by atomic mass is 9.93. The van der Waals surface area contributed by atoms with Gasteiger partial charge in [-0.1, -0.05) is 112 Å². The number of fused-ring (bicyclic) bond motifs is 12. The molecular formula is C28H15Cl6N3O4. The predicted octanol–water partition coefficient (Wildman–Crippen LogP) is 1.56. The molecule has 41 heavy (non-hydrogen) atoms. The largest absolute Gasteiger partial charge is 0.545 e. The molecule has 7 rings (SSSR count). The molecule has 0 saturated heterocycles. The second-order valence-electron chi connectivity index (χ2n) is 8.83. The zero-order valence-electron chi connectivity index (χ0n) is 20.3. The summed E-state index contributed by atoms with van der Waals surface area (Å²) in [4.78, 5) is 30.1. The topological polar surface area (TPSA) is 124 Å². The van der Waals surface area contributed by atoms with Crippen molar-refractivity contribution in [2.24, 2.45) is 0 Å². The van der Waals surface area contributed by atoms with Gasteiger partial charge in [0.05, 0.1) is 39.6 Å². The summed E-state index contributed by atoms with van der Waals surface area (Å²) < 4.78 is -4.56. The number of carbonyl (C=O) groups excluding carboxylic acids is 2. The third-order valence-electron chi connectivity index (χ3n) is 6.33.